The SMILES string of the molecule is CCO[C@H]1C[C@@H](OC(C)=O)C(Sc2ccccc2)=C(COC(=O)C(C)(C)C)O1. The van der Waals surface area contributed by atoms with Gasteiger partial charge in [-0.1, -0.05) is 30.0 Å². The molecule has 0 unspecified atom stereocenters. The van der Waals surface area contributed by atoms with E-state index in [4.69, 9.17) is 18.9 Å². The zero-order valence-electron chi connectivity index (χ0n) is 17.0. The van der Waals surface area contributed by atoms with Crippen molar-refractivity contribution >= 4 is 23.7 Å². The summed E-state index contributed by atoms with van der Waals surface area (Å²) in [5.74, 6) is -0.281. The number of rotatable bonds is 7. The average Bonchev–Trinajstić information content (AvgIpc) is 2.62. The molecule has 0 aromatic heterocycles. The molecule has 0 aliphatic carbocycles. The van der Waals surface area contributed by atoms with Crippen molar-refractivity contribution in [1.82, 2.24) is 0 Å². The molecule has 0 radical (unpaired) electrons. The monoisotopic (exact) mass is 408 g/mol. The van der Waals surface area contributed by atoms with Gasteiger partial charge in [-0.25, -0.2) is 0 Å². The first kappa shape index (κ1) is 22.3. The highest BCUT2D eigenvalue weighted by atomic mass is 32.2. The van der Waals surface area contributed by atoms with Crippen LogP contribution in [0.2, 0.25) is 0 Å². The van der Waals surface area contributed by atoms with Gasteiger partial charge >= 0.3 is 11.9 Å². The maximum absolute atomic E-state index is 12.2. The third-order valence-electron chi connectivity index (χ3n) is 3.83. The quantitative estimate of drug-likeness (QED) is 0.623. The first-order chi connectivity index (χ1) is 13.2. The number of carbonyl (C=O) groups is 2. The number of thioether (sulfide) groups is 1. The molecular weight excluding hydrogens is 380 g/mol. The Labute approximate surface area is 170 Å². The molecule has 28 heavy (non-hydrogen) atoms. The van der Waals surface area contributed by atoms with Crippen molar-refractivity contribution < 1.29 is 28.5 Å². The van der Waals surface area contributed by atoms with Crippen molar-refractivity contribution in [3.8, 4) is 0 Å². The van der Waals surface area contributed by atoms with Gasteiger partial charge in [-0.05, 0) is 39.8 Å². The number of esters is 2. The molecule has 1 heterocycles. The molecule has 0 bridgehead atoms. The summed E-state index contributed by atoms with van der Waals surface area (Å²) in [5, 5.41) is 0. The fourth-order valence-corrected chi connectivity index (χ4v) is 3.55. The fraction of sp³-hybridized carbons (Fsp3) is 0.524. The summed E-state index contributed by atoms with van der Waals surface area (Å²) in [6.07, 6.45) is -0.728. The van der Waals surface area contributed by atoms with Crippen LogP contribution >= 0.6 is 11.8 Å². The van der Waals surface area contributed by atoms with Crippen LogP contribution in [0.15, 0.2) is 45.9 Å². The minimum absolute atomic E-state index is 0.0490. The molecule has 0 fully saturated rings. The van der Waals surface area contributed by atoms with Crippen molar-refractivity contribution in [2.24, 2.45) is 5.41 Å². The maximum Gasteiger partial charge on any atom is 0.311 e. The van der Waals surface area contributed by atoms with Crippen molar-refractivity contribution in [2.45, 2.75) is 58.3 Å². The summed E-state index contributed by atoms with van der Waals surface area (Å²) in [7, 11) is 0. The van der Waals surface area contributed by atoms with Crippen molar-refractivity contribution in [3.05, 3.63) is 41.0 Å². The van der Waals surface area contributed by atoms with Gasteiger partial charge in [-0.15, -0.1) is 0 Å². The van der Waals surface area contributed by atoms with Crippen LogP contribution in [-0.4, -0.2) is 37.5 Å². The van der Waals surface area contributed by atoms with Gasteiger partial charge in [0.25, 0.3) is 0 Å². The van der Waals surface area contributed by atoms with E-state index in [1.54, 1.807) is 20.8 Å². The Morgan fingerprint density at radius 3 is 2.46 bits per heavy atom. The van der Waals surface area contributed by atoms with Crippen molar-refractivity contribution in [2.75, 3.05) is 13.2 Å². The lowest BCUT2D eigenvalue weighted by Crippen LogP contribution is -2.35. The van der Waals surface area contributed by atoms with E-state index in [-0.39, 0.29) is 18.5 Å². The highest BCUT2D eigenvalue weighted by Crippen LogP contribution is 2.39. The van der Waals surface area contributed by atoms with E-state index in [1.807, 2.05) is 37.3 Å². The lowest BCUT2D eigenvalue weighted by Gasteiger charge is -2.33. The lowest BCUT2D eigenvalue weighted by atomic mass is 9.97. The van der Waals surface area contributed by atoms with Gasteiger partial charge in [0.2, 0.25) is 6.29 Å². The van der Waals surface area contributed by atoms with Gasteiger partial charge in [0.1, 0.15) is 12.7 Å². The highest BCUT2D eigenvalue weighted by molar-refractivity contribution is 8.03. The van der Waals surface area contributed by atoms with Gasteiger partial charge in [-0.3, -0.25) is 9.59 Å². The summed E-state index contributed by atoms with van der Waals surface area (Å²) in [5.41, 5.74) is -0.628. The standard InChI is InChI=1S/C21H28O6S/c1-6-24-18-12-16(26-14(2)22)19(28-15-10-8-7-9-11-15)17(27-18)13-25-20(23)21(3,4)5/h7-11,16,18H,6,12-13H2,1-5H3/t16-,18-/m1/s1. The van der Waals surface area contributed by atoms with Crippen molar-refractivity contribution in [3.63, 3.8) is 0 Å². The Balaban J connectivity index is 2.33. The molecule has 0 spiro atoms. The van der Waals surface area contributed by atoms with Crippen LogP contribution in [0.1, 0.15) is 41.0 Å². The molecule has 0 saturated carbocycles. The summed E-state index contributed by atoms with van der Waals surface area (Å²) in [4.78, 5) is 25.5. The molecule has 1 aliphatic heterocycles. The molecule has 2 atom stereocenters. The summed E-state index contributed by atoms with van der Waals surface area (Å²) in [6, 6.07) is 9.69. The zero-order valence-corrected chi connectivity index (χ0v) is 17.8. The second-order valence-corrected chi connectivity index (χ2v) is 8.48. The predicted octanol–water partition coefficient (Wildman–Crippen LogP) is 4.29. The average molecular weight is 409 g/mol. The minimum atomic E-state index is -0.628. The second-order valence-electron chi connectivity index (χ2n) is 7.37. The second kappa shape index (κ2) is 9.98. The van der Waals surface area contributed by atoms with Crippen LogP contribution in [0.3, 0.4) is 0 Å². The number of hydrogen-bond acceptors (Lipinski definition) is 7. The first-order valence-electron chi connectivity index (χ1n) is 9.29. The number of carbonyl (C=O) groups excluding carboxylic acids is 2. The topological polar surface area (TPSA) is 71.1 Å². The third-order valence-corrected chi connectivity index (χ3v) is 5.04. The fourth-order valence-electron chi connectivity index (χ4n) is 2.51. The van der Waals surface area contributed by atoms with E-state index in [0.717, 1.165) is 4.90 Å². The highest BCUT2D eigenvalue weighted by Gasteiger charge is 2.35. The molecule has 0 saturated heterocycles. The largest absolute Gasteiger partial charge is 0.464 e. The minimum Gasteiger partial charge on any atom is -0.464 e. The number of benzene rings is 1. The molecule has 0 amide bonds. The van der Waals surface area contributed by atoms with E-state index in [9.17, 15) is 9.59 Å². The summed E-state index contributed by atoms with van der Waals surface area (Å²) < 4.78 is 22.6. The molecular formula is C21H28O6S. The molecule has 2 rings (SSSR count). The smallest absolute Gasteiger partial charge is 0.311 e. The van der Waals surface area contributed by atoms with Gasteiger partial charge < -0.3 is 18.9 Å². The van der Waals surface area contributed by atoms with Crippen LogP contribution < -0.4 is 0 Å². The van der Waals surface area contributed by atoms with Gasteiger partial charge in [0, 0.05) is 18.4 Å². The van der Waals surface area contributed by atoms with Crippen LogP contribution in [0.5, 0.6) is 0 Å². The Bertz CT molecular complexity index is 707. The molecule has 1 aromatic carbocycles. The van der Waals surface area contributed by atoms with E-state index in [0.29, 0.717) is 23.7 Å². The van der Waals surface area contributed by atoms with Gasteiger partial charge in [0.05, 0.1) is 16.7 Å². The van der Waals surface area contributed by atoms with E-state index >= 15 is 0 Å². The summed E-state index contributed by atoms with van der Waals surface area (Å²) >= 11 is 1.43. The molecule has 7 heteroatoms. The molecule has 1 aliphatic rings. The molecule has 154 valence electrons. The van der Waals surface area contributed by atoms with Crippen LogP contribution in [0.4, 0.5) is 0 Å². The van der Waals surface area contributed by atoms with Crippen molar-refractivity contribution in [1.29, 1.82) is 0 Å². The van der Waals surface area contributed by atoms with Crippen LogP contribution in [-0.2, 0) is 28.5 Å². The normalized spacial score (nSPS) is 19.8. The van der Waals surface area contributed by atoms with E-state index in [2.05, 4.69) is 0 Å². The van der Waals surface area contributed by atoms with Crippen LogP contribution in [0, 0.1) is 5.41 Å². The summed E-state index contributed by atoms with van der Waals surface area (Å²) in [6.45, 7) is 9.00. The predicted molar refractivity (Wildman–Crippen MR) is 106 cm³/mol. The third kappa shape index (κ3) is 6.56. The Kier molecular flexibility index (Phi) is 7.95. The number of ether oxygens (including phenoxy) is 4. The Morgan fingerprint density at radius 2 is 1.89 bits per heavy atom. The molecule has 1 aromatic rings. The number of hydrogen-bond donors (Lipinski definition) is 0. The van der Waals surface area contributed by atoms with Crippen LogP contribution in [0.25, 0.3) is 0 Å². The van der Waals surface area contributed by atoms with E-state index < -0.39 is 17.8 Å². The molecule has 0 N–H and O–H groups in total. The van der Waals surface area contributed by atoms with Gasteiger partial charge in [-0.2, -0.15) is 0 Å². The lowest BCUT2D eigenvalue weighted by molar-refractivity contribution is -0.169. The Morgan fingerprint density at radius 1 is 1.21 bits per heavy atom. The zero-order chi connectivity index (χ0) is 20.7. The molecule has 6 nitrogen and oxygen atoms in total. The Hall–Kier alpha value is -1.99. The maximum atomic E-state index is 12.2. The first-order valence-corrected chi connectivity index (χ1v) is 10.1. The van der Waals surface area contributed by atoms with Gasteiger partial charge in [0.15, 0.2) is 5.76 Å². The van der Waals surface area contributed by atoms with E-state index in [1.165, 1.54) is 18.7 Å².